The van der Waals surface area contributed by atoms with Crippen LogP contribution in [-0.4, -0.2) is 9.97 Å². The Labute approximate surface area is 412 Å². The van der Waals surface area contributed by atoms with Crippen molar-refractivity contribution in [1.29, 1.82) is 0 Å². The number of thiazole rings is 1. The number of fused-ring (bicyclic) bond motifs is 5. The van der Waals surface area contributed by atoms with Gasteiger partial charge < -0.3 is 19.1 Å². The Morgan fingerprint density at radius 2 is 0.871 bits per heavy atom. The van der Waals surface area contributed by atoms with Crippen molar-refractivity contribution in [3.63, 3.8) is 0 Å². The van der Waals surface area contributed by atoms with Crippen LogP contribution in [0.25, 0.3) is 63.5 Å². The fourth-order valence-electron chi connectivity index (χ4n) is 9.46. The van der Waals surface area contributed by atoms with Crippen LogP contribution in [0.3, 0.4) is 0 Å². The summed E-state index contributed by atoms with van der Waals surface area (Å²) in [4.78, 5) is 16.9. The highest BCUT2D eigenvalue weighted by molar-refractivity contribution is 7.26. The van der Waals surface area contributed by atoms with E-state index in [1.807, 2.05) is 41.7 Å². The van der Waals surface area contributed by atoms with Gasteiger partial charge in [-0.15, -0.1) is 22.7 Å². The normalized spacial score (nSPS) is 11.4. The molecule has 10 aromatic carbocycles. The van der Waals surface area contributed by atoms with Crippen molar-refractivity contribution in [3.8, 4) is 22.0 Å². The van der Waals surface area contributed by atoms with Gasteiger partial charge >= 0.3 is 0 Å². The van der Waals surface area contributed by atoms with Crippen molar-refractivity contribution in [3.05, 3.63) is 249 Å². The van der Waals surface area contributed by atoms with Crippen LogP contribution in [0.2, 0.25) is 0 Å². The first kappa shape index (κ1) is 41.4. The summed E-state index contributed by atoms with van der Waals surface area (Å²) < 4.78 is 9.83. The molecule has 0 unspecified atom stereocenters. The summed E-state index contributed by atoms with van der Waals surface area (Å²) in [7, 11) is 0. The average Bonchev–Trinajstić information content (AvgIpc) is 4.16. The van der Waals surface area contributed by atoms with Gasteiger partial charge in [0, 0.05) is 76.8 Å². The summed E-state index contributed by atoms with van der Waals surface area (Å²) in [5.41, 5.74) is 14.1. The molecule has 0 aliphatic heterocycles. The number of thiophene rings is 1. The van der Waals surface area contributed by atoms with Crippen molar-refractivity contribution in [2.75, 3.05) is 14.7 Å². The number of para-hydroxylation sites is 7. The molecule has 0 aliphatic carbocycles. The Balaban J connectivity index is 1.01. The summed E-state index contributed by atoms with van der Waals surface area (Å²) in [6, 6.07) is 87.8. The monoisotopic (exact) mass is 935 g/mol. The van der Waals surface area contributed by atoms with Gasteiger partial charge in [0.1, 0.15) is 10.5 Å². The minimum Gasteiger partial charge on any atom is -0.436 e. The molecule has 0 atom stereocenters. The molecule has 3 heterocycles. The number of nitrogens with zero attached hydrogens (tertiary/aromatic N) is 5. The van der Waals surface area contributed by atoms with E-state index in [1.165, 1.54) is 24.9 Å². The summed E-state index contributed by atoms with van der Waals surface area (Å²) in [5.74, 6) is 0.589. The quantitative estimate of drug-likeness (QED) is 0.129. The fourth-order valence-corrected chi connectivity index (χ4v) is 11.6. The maximum absolute atomic E-state index is 6.28. The zero-order valence-corrected chi connectivity index (χ0v) is 39.3. The molecule has 8 heteroatoms. The van der Waals surface area contributed by atoms with Gasteiger partial charge in [-0.1, -0.05) is 103 Å². The minimum atomic E-state index is 0.589. The van der Waals surface area contributed by atoms with Crippen molar-refractivity contribution < 1.29 is 4.42 Å². The topological polar surface area (TPSA) is 48.6 Å². The molecule has 0 aliphatic rings. The van der Waals surface area contributed by atoms with Crippen LogP contribution in [0.4, 0.5) is 51.2 Å². The van der Waals surface area contributed by atoms with Gasteiger partial charge in [-0.3, -0.25) is 0 Å². The number of oxazole rings is 1. The highest BCUT2D eigenvalue weighted by Gasteiger charge is 2.24. The average molecular weight is 936 g/mol. The molecule has 6 nitrogen and oxygen atoms in total. The lowest BCUT2D eigenvalue weighted by Gasteiger charge is -2.30. The molecule has 0 saturated carbocycles. The standard InChI is InChI=1S/C62H41N5OS2/c1-5-19-44(20-6-1)65(48-34-32-42(33-35-48)62-64-54-29-14-16-31-58(54)70-62)51-40-55(67(46-23-9-3-10-24-46)47-25-11-4-12-26-47)60-52-39-50(36-37-57(52)69-59(60)41-51)66(45-21-7-2-8-22-45)49-27-17-18-43(38-49)61-63-53-28-13-15-30-56(53)68-61/h1-41H. The first-order chi connectivity index (χ1) is 34.7. The molecule has 13 rings (SSSR count). The lowest BCUT2D eigenvalue weighted by molar-refractivity contribution is 0.620. The van der Waals surface area contributed by atoms with E-state index in [2.05, 4.69) is 233 Å². The van der Waals surface area contributed by atoms with E-state index in [4.69, 9.17) is 14.4 Å². The highest BCUT2D eigenvalue weighted by atomic mass is 32.1. The molecule has 3 aromatic heterocycles. The highest BCUT2D eigenvalue weighted by Crippen LogP contribution is 2.50. The second-order valence-corrected chi connectivity index (χ2v) is 19.2. The van der Waals surface area contributed by atoms with Gasteiger partial charge in [-0.25, -0.2) is 9.97 Å². The number of hydrogen-bond donors (Lipinski definition) is 0. The lowest BCUT2D eigenvalue weighted by atomic mass is 10.0. The smallest absolute Gasteiger partial charge is 0.227 e. The number of benzene rings is 10. The molecule has 13 aromatic rings. The molecule has 0 saturated heterocycles. The zero-order chi connectivity index (χ0) is 46.4. The minimum absolute atomic E-state index is 0.589. The predicted octanol–water partition coefficient (Wildman–Crippen LogP) is 18.5. The second kappa shape index (κ2) is 17.7. The maximum Gasteiger partial charge on any atom is 0.227 e. The summed E-state index contributed by atoms with van der Waals surface area (Å²) in [6.45, 7) is 0. The number of anilines is 9. The molecule has 0 spiro atoms. The van der Waals surface area contributed by atoms with Crippen LogP contribution >= 0.6 is 22.7 Å². The van der Waals surface area contributed by atoms with E-state index < -0.39 is 0 Å². The van der Waals surface area contributed by atoms with Crippen LogP contribution in [0, 0.1) is 0 Å². The third-order valence-corrected chi connectivity index (χ3v) is 14.8. The maximum atomic E-state index is 6.28. The van der Waals surface area contributed by atoms with Crippen molar-refractivity contribution >= 4 is 115 Å². The van der Waals surface area contributed by atoms with Gasteiger partial charge in [0.2, 0.25) is 5.89 Å². The Hall–Kier alpha value is -8.82. The summed E-state index contributed by atoms with van der Waals surface area (Å²) in [6.07, 6.45) is 0. The van der Waals surface area contributed by atoms with E-state index in [9.17, 15) is 0 Å². The lowest BCUT2D eigenvalue weighted by Crippen LogP contribution is -2.13. The van der Waals surface area contributed by atoms with E-state index >= 15 is 0 Å². The Kier molecular flexibility index (Phi) is 10.5. The van der Waals surface area contributed by atoms with Crippen molar-refractivity contribution in [2.24, 2.45) is 0 Å². The van der Waals surface area contributed by atoms with Crippen LogP contribution in [0.15, 0.2) is 253 Å². The molecule has 0 fully saturated rings. The third kappa shape index (κ3) is 7.62. The molecule has 0 amide bonds. The van der Waals surface area contributed by atoms with Crippen LogP contribution < -0.4 is 14.7 Å². The van der Waals surface area contributed by atoms with Crippen LogP contribution in [0.1, 0.15) is 0 Å². The number of hydrogen-bond acceptors (Lipinski definition) is 8. The molecular weight excluding hydrogens is 895 g/mol. The Morgan fingerprint density at radius 3 is 1.53 bits per heavy atom. The molecule has 332 valence electrons. The van der Waals surface area contributed by atoms with E-state index in [1.54, 1.807) is 11.3 Å². The molecule has 0 bridgehead atoms. The van der Waals surface area contributed by atoms with Crippen LogP contribution in [-0.2, 0) is 0 Å². The Bertz CT molecular complexity index is 3860. The molecule has 0 radical (unpaired) electrons. The zero-order valence-electron chi connectivity index (χ0n) is 37.6. The first-order valence-corrected chi connectivity index (χ1v) is 24.8. The molecule has 0 N–H and O–H groups in total. The fraction of sp³-hybridized carbons (Fsp3) is 0. The predicted molar refractivity (Wildman–Crippen MR) is 295 cm³/mol. The van der Waals surface area contributed by atoms with Gasteiger partial charge in [0.25, 0.3) is 0 Å². The van der Waals surface area contributed by atoms with Crippen LogP contribution in [0.5, 0.6) is 0 Å². The largest absolute Gasteiger partial charge is 0.436 e. The molecule has 70 heavy (non-hydrogen) atoms. The van der Waals surface area contributed by atoms with Gasteiger partial charge in [0.05, 0.1) is 15.9 Å². The number of rotatable bonds is 11. The van der Waals surface area contributed by atoms with E-state index in [0.29, 0.717) is 5.89 Å². The van der Waals surface area contributed by atoms with Crippen molar-refractivity contribution in [2.45, 2.75) is 0 Å². The van der Waals surface area contributed by atoms with Crippen molar-refractivity contribution in [1.82, 2.24) is 9.97 Å². The van der Waals surface area contributed by atoms with Gasteiger partial charge in [-0.2, -0.15) is 0 Å². The molecular formula is C62H41N5OS2. The summed E-state index contributed by atoms with van der Waals surface area (Å²) in [5, 5.41) is 3.35. The Morgan fingerprint density at radius 1 is 0.329 bits per heavy atom. The summed E-state index contributed by atoms with van der Waals surface area (Å²) >= 11 is 3.55. The SMILES string of the molecule is c1ccc(N(c2ccc(-c3nc4ccccc4s3)cc2)c2cc(N(c3ccccc3)c3ccccc3)c3c(c2)sc2ccc(N(c4ccccc4)c4cccc(-c5nc6ccccc6o5)c4)cc23)cc1. The first-order valence-electron chi connectivity index (χ1n) is 23.2. The van der Waals surface area contributed by atoms with Gasteiger partial charge in [0.15, 0.2) is 5.58 Å². The second-order valence-electron chi connectivity index (χ2n) is 17.0. The third-order valence-electron chi connectivity index (χ3n) is 12.6. The number of aromatic nitrogens is 2. The van der Waals surface area contributed by atoms with E-state index in [0.717, 1.165) is 83.9 Å². The van der Waals surface area contributed by atoms with Gasteiger partial charge in [-0.05, 0) is 146 Å². The van der Waals surface area contributed by atoms with E-state index in [-0.39, 0.29) is 0 Å².